The number of carboxylic acid groups (broad SMARTS) is 2. The Morgan fingerprint density at radius 2 is 0.844 bits per heavy atom. The molecular weight excluding hydrogens is 416 g/mol. The standard InChI is InChI=1S/2C9H20O2.C6H10O4/c1-9(8-11)6-4-2-3-5-7-10;10-8-6-4-2-1-3-5-7-9-11;7-5(8)3-1-2-4-6(9)10/h9-11H,2-8H2,1H3;10-11H,1-9H2;1-4H2,(H,7,8)(H,9,10). The summed E-state index contributed by atoms with van der Waals surface area (Å²) in [4.78, 5) is 19.8. The highest BCUT2D eigenvalue weighted by Gasteiger charge is 1.99. The molecule has 0 bridgehead atoms. The summed E-state index contributed by atoms with van der Waals surface area (Å²) in [5.74, 6) is -1.29. The van der Waals surface area contributed by atoms with Crippen molar-refractivity contribution >= 4 is 11.9 Å². The van der Waals surface area contributed by atoms with Crippen molar-refractivity contribution in [2.45, 2.75) is 110 Å². The maximum absolute atomic E-state index is 9.90. The highest BCUT2D eigenvalue weighted by Crippen LogP contribution is 2.09. The van der Waals surface area contributed by atoms with Crippen LogP contribution in [0.5, 0.6) is 0 Å². The lowest BCUT2D eigenvalue weighted by Gasteiger charge is -2.05. The third-order valence-electron chi connectivity index (χ3n) is 4.76. The van der Waals surface area contributed by atoms with E-state index in [1.54, 1.807) is 0 Å². The molecule has 0 fully saturated rings. The first-order chi connectivity index (χ1) is 15.3. The van der Waals surface area contributed by atoms with Crippen LogP contribution >= 0.6 is 0 Å². The summed E-state index contributed by atoms with van der Waals surface area (Å²) in [6, 6.07) is 0. The Morgan fingerprint density at radius 3 is 1.12 bits per heavy atom. The number of aliphatic hydroxyl groups excluding tert-OH is 4. The topological polar surface area (TPSA) is 156 Å². The monoisotopic (exact) mass is 466 g/mol. The van der Waals surface area contributed by atoms with Crippen molar-refractivity contribution in [3.8, 4) is 0 Å². The first-order valence-corrected chi connectivity index (χ1v) is 12.2. The Hall–Kier alpha value is -1.22. The van der Waals surface area contributed by atoms with Gasteiger partial charge in [0.25, 0.3) is 0 Å². The van der Waals surface area contributed by atoms with Gasteiger partial charge in [0.1, 0.15) is 0 Å². The molecule has 0 radical (unpaired) electrons. The van der Waals surface area contributed by atoms with Gasteiger partial charge >= 0.3 is 11.9 Å². The van der Waals surface area contributed by atoms with E-state index in [4.69, 9.17) is 30.6 Å². The van der Waals surface area contributed by atoms with E-state index < -0.39 is 11.9 Å². The largest absolute Gasteiger partial charge is 0.481 e. The van der Waals surface area contributed by atoms with Crippen molar-refractivity contribution < 1.29 is 40.2 Å². The van der Waals surface area contributed by atoms with Crippen LogP contribution in [0.25, 0.3) is 0 Å². The molecule has 0 rings (SSSR count). The molecule has 6 N–H and O–H groups in total. The van der Waals surface area contributed by atoms with Crippen LogP contribution in [0.15, 0.2) is 0 Å². The SMILES string of the molecule is CC(CO)CCCCCCO.O=C(O)CCCCC(=O)O.OCCCCCCCCCO. The zero-order chi connectivity index (χ0) is 24.9. The normalized spacial score (nSPS) is 11.0. The molecule has 0 saturated heterocycles. The number of unbranched alkanes of at least 4 members (excludes halogenated alkanes) is 10. The fourth-order valence-corrected chi connectivity index (χ4v) is 2.71. The van der Waals surface area contributed by atoms with Gasteiger partial charge < -0.3 is 30.6 Å². The molecule has 0 heterocycles. The van der Waals surface area contributed by atoms with E-state index in [0.717, 1.165) is 44.9 Å². The zero-order valence-corrected chi connectivity index (χ0v) is 20.2. The summed E-state index contributed by atoms with van der Waals surface area (Å²) in [5, 5.41) is 50.4. The molecule has 0 spiro atoms. The number of carbonyl (C=O) groups is 2. The highest BCUT2D eigenvalue weighted by molar-refractivity contribution is 5.67. The van der Waals surface area contributed by atoms with Crippen molar-refractivity contribution in [1.29, 1.82) is 0 Å². The summed E-state index contributed by atoms with van der Waals surface area (Å²) in [6.45, 7) is 3.34. The van der Waals surface area contributed by atoms with Crippen molar-refractivity contribution in [3.05, 3.63) is 0 Å². The smallest absolute Gasteiger partial charge is 0.303 e. The molecule has 1 atom stereocenters. The Bertz CT molecular complexity index is 353. The molecule has 0 aliphatic heterocycles. The van der Waals surface area contributed by atoms with Gasteiger partial charge in [-0.1, -0.05) is 58.3 Å². The van der Waals surface area contributed by atoms with Crippen LogP contribution in [-0.4, -0.2) is 69.0 Å². The summed E-state index contributed by atoms with van der Waals surface area (Å²) < 4.78 is 0. The van der Waals surface area contributed by atoms with Gasteiger partial charge in [0.15, 0.2) is 0 Å². The van der Waals surface area contributed by atoms with E-state index in [2.05, 4.69) is 6.92 Å². The van der Waals surface area contributed by atoms with E-state index in [9.17, 15) is 9.59 Å². The minimum Gasteiger partial charge on any atom is -0.481 e. The van der Waals surface area contributed by atoms with Crippen LogP contribution < -0.4 is 0 Å². The third kappa shape index (κ3) is 42.8. The molecule has 0 saturated carbocycles. The van der Waals surface area contributed by atoms with Crippen LogP contribution in [0, 0.1) is 5.92 Å². The molecule has 32 heavy (non-hydrogen) atoms. The van der Waals surface area contributed by atoms with E-state index in [0.29, 0.717) is 45.2 Å². The number of rotatable bonds is 20. The number of hydrogen-bond donors (Lipinski definition) is 6. The van der Waals surface area contributed by atoms with E-state index >= 15 is 0 Å². The van der Waals surface area contributed by atoms with Crippen molar-refractivity contribution in [3.63, 3.8) is 0 Å². The van der Waals surface area contributed by atoms with Gasteiger partial charge in [-0.3, -0.25) is 9.59 Å². The number of hydrogen-bond acceptors (Lipinski definition) is 6. The van der Waals surface area contributed by atoms with Crippen LogP contribution in [0.1, 0.15) is 110 Å². The molecule has 194 valence electrons. The van der Waals surface area contributed by atoms with Crippen molar-refractivity contribution in [2.75, 3.05) is 26.4 Å². The molecule has 8 heteroatoms. The maximum atomic E-state index is 9.90. The predicted molar refractivity (Wildman–Crippen MR) is 127 cm³/mol. The Kier molecular flexibility index (Phi) is 35.3. The average Bonchev–Trinajstić information content (AvgIpc) is 2.76. The zero-order valence-electron chi connectivity index (χ0n) is 20.2. The molecule has 0 aliphatic rings. The van der Waals surface area contributed by atoms with Gasteiger partial charge in [-0.05, 0) is 44.4 Å². The minimum atomic E-state index is -0.870. The lowest BCUT2D eigenvalue weighted by molar-refractivity contribution is -0.139. The van der Waals surface area contributed by atoms with E-state index in [1.165, 1.54) is 32.1 Å². The van der Waals surface area contributed by atoms with E-state index in [-0.39, 0.29) is 12.8 Å². The van der Waals surface area contributed by atoms with Gasteiger partial charge in [-0.15, -0.1) is 0 Å². The Morgan fingerprint density at radius 1 is 0.531 bits per heavy atom. The molecule has 0 aromatic carbocycles. The lowest BCUT2D eigenvalue weighted by Crippen LogP contribution is -1.99. The fraction of sp³-hybridized carbons (Fsp3) is 0.917. The van der Waals surface area contributed by atoms with Gasteiger partial charge in [0.05, 0.1) is 0 Å². The summed E-state index contributed by atoms with van der Waals surface area (Å²) in [6.07, 6.45) is 14.4. The van der Waals surface area contributed by atoms with Crippen molar-refractivity contribution in [2.24, 2.45) is 5.92 Å². The molecular formula is C24H50O8. The average molecular weight is 467 g/mol. The van der Waals surface area contributed by atoms with Crippen LogP contribution in [-0.2, 0) is 9.59 Å². The fourth-order valence-electron chi connectivity index (χ4n) is 2.71. The van der Waals surface area contributed by atoms with Crippen molar-refractivity contribution in [1.82, 2.24) is 0 Å². The van der Waals surface area contributed by atoms with Crippen LogP contribution in [0.2, 0.25) is 0 Å². The summed E-state index contributed by atoms with van der Waals surface area (Å²) >= 11 is 0. The summed E-state index contributed by atoms with van der Waals surface area (Å²) in [7, 11) is 0. The molecule has 0 aliphatic carbocycles. The van der Waals surface area contributed by atoms with Crippen LogP contribution in [0.3, 0.4) is 0 Å². The second-order valence-electron chi connectivity index (χ2n) is 8.13. The third-order valence-corrected chi connectivity index (χ3v) is 4.76. The lowest BCUT2D eigenvalue weighted by atomic mass is 10.0. The van der Waals surface area contributed by atoms with Gasteiger partial charge in [0.2, 0.25) is 0 Å². The number of aliphatic carboxylic acids is 2. The highest BCUT2D eigenvalue weighted by atomic mass is 16.4. The Labute approximate surface area is 194 Å². The quantitative estimate of drug-likeness (QED) is 0.147. The van der Waals surface area contributed by atoms with Gasteiger partial charge in [0, 0.05) is 39.3 Å². The number of aliphatic hydroxyl groups is 4. The minimum absolute atomic E-state index is 0.0628. The second-order valence-corrected chi connectivity index (χ2v) is 8.13. The Balaban J connectivity index is -0.000000395. The van der Waals surface area contributed by atoms with Gasteiger partial charge in [-0.2, -0.15) is 0 Å². The molecule has 0 aromatic heterocycles. The van der Waals surface area contributed by atoms with Crippen LogP contribution in [0.4, 0.5) is 0 Å². The first kappa shape index (κ1) is 35.4. The molecule has 0 amide bonds. The summed E-state index contributed by atoms with van der Waals surface area (Å²) in [5.41, 5.74) is 0. The predicted octanol–water partition coefficient (Wildman–Crippen LogP) is 3.98. The van der Waals surface area contributed by atoms with E-state index in [1.807, 2.05) is 0 Å². The second kappa shape index (κ2) is 32.0. The first-order valence-electron chi connectivity index (χ1n) is 12.2. The molecule has 8 nitrogen and oxygen atoms in total. The molecule has 0 aromatic rings. The van der Waals surface area contributed by atoms with Gasteiger partial charge in [-0.25, -0.2) is 0 Å². The molecule has 1 unspecified atom stereocenters. The maximum Gasteiger partial charge on any atom is 0.303 e. The number of carboxylic acids is 2.